The maximum Gasteiger partial charge on any atom is 0.245 e. The second-order valence-corrected chi connectivity index (χ2v) is 5.33. The minimum absolute atomic E-state index is 0.134. The lowest BCUT2D eigenvalue weighted by Crippen LogP contribution is -2.34. The van der Waals surface area contributed by atoms with Gasteiger partial charge in [0.15, 0.2) is 0 Å². The summed E-state index contributed by atoms with van der Waals surface area (Å²) < 4.78 is 1.87. The molecule has 0 bridgehead atoms. The summed E-state index contributed by atoms with van der Waals surface area (Å²) in [5.41, 5.74) is 7.55. The Kier molecular flexibility index (Phi) is 3.60. The van der Waals surface area contributed by atoms with E-state index in [0.29, 0.717) is 5.82 Å². The lowest BCUT2D eigenvalue weighted by atomic mass is 10.1. The highest BCUT2D eigenvalue weighted by Crippen LogP contribution is 2.27. The van der Waals surface area contributed by atoms with Crippen LogP contribution in [-0.2, 0) is 4.79 Å². The number of hydrogen-bond acceptors (Lipinski definition) is 4. The molecule has 0 radical (unpaired) electrons. The number of carbonyl (C=O) groups excluding carboxylic acids is 1. The van der Waals surface area contributed by atoms with Crippen molar-refractivity contribution in [2.45, 2.75) is 25.8 Å². The van der Waals surface area contributed by atoms with Gasteiger partial charge in [-0.2, -0.15) is 0 Å². The molecule has 1 unspecified atom stereocenters. The van der Waals surface area contributed by atoms with E-state index < -0.39 is 0 Å². The monoisotopic (exact) mass is 285 g/mol. The van der Waals surface area contributed by atoms with Gasteiger partial charge in [-0.05, 0) is 31.9 Å². The number of hydrogen-bond donors (Lipinski definition) is 1. The summed E-state index contributed by atoms with van der Waals surface area (Å²) in [5.74, 6) is 0.578. The highest BCUT2D eigenvalue weighted by Gasteiger charge is 2.26. The predicted octanol–water partition coefficient (Wildman–Crippen LogP) is 1.71. The van der Waals surface area contributed by atoms with Gasteiger partial charge < -0.3 is 15.2 Å². The normalized spacial score (nSPS) is 16.1. The molecule has 1 atom stereocenters. The van der Waals surface area contributed by atoms with Gasteiger partial charge in [0.25, 0.3) is 0 Å². The summed E-state index contributed by atoms with van der Waals surface area (Å²) in [6.45, 7) is 3.60. The third-order valence-corrected chi connectivity index (χ3v) is 3.97. The smallest absolute Gasteiger partial charge is 0.245 e. The largest absolute Gasteiger partial charge is 0.383 e. The fourth-order valence-electron chi connectivity index (χ4n) is 2.78. The van der Waals surface area contributed by atoms with Crippen LogP contribution in [0.3, 0.4) is 0 Å². The molecule has 2 aromatic heterocycles. The number of imidazole rings is 1. The second kappa shape index (κ2) is 5.55. The van der Waals surface area contributed by atoms with Crippen molar-refractivity contribution in [3.63, 3.8) is 0 Å². The van der Waals surface area contributed by atoms with Crippen LogP contribution < -0.4 is 5.73 Å². The molecule has 2 aromatic rings. The number of pyridine rings is 1. The summed E-state index contributed by atoms with van der Waals surface area (Å²) in [4.78, 5) is 22.7. The van der Waals surface area contributed by atoms with Crippen molar-refractivity contribution in [2.24, 2.45) is 0 Å². The molecular formula is C15H19N5O. The Bertz CT molecular complexity index is 645. The molecular weight excluding hydrogens is 266 g/mol. The molecule has 110 valence electrons. The number of nitrogens with two attached hydrogens (primary N) is 1. The van der Waals surface area contributed by atoms with Crippen molar-refractivity contribution in [2.75, 3.05) is 18.8 Å². The quantitative estimate of drug-likeness (QED) is 0.931. The first-order chi connectivity index (χ1) is 10.2. The van der Waals surface area contributed by atoms with Gasteiger partial charge in [0.05, 0.1) is 18.2 Å². The Balaban J connectivity index is 1.92. The van der Waals surface area contributed by atoms with Crippen molar-refractivity contribution in [1.29, 1.82) is 0 Å². The third-order valence-electron chi connectivity index (χ3n) is 3.97. The fraction of sp³-hybridized carbons (Fsp3) is 0.400. The van der Waals surface area contributed by atoms with Crippen LogP contribution >= 0.6 is 0 Å². The predicted molar refractivity (Wildman–Crippen MR) is 80.4 cm³/mol. The first kappa shape index (κ1) is 13.6. The van der Waals surface area contributed by atoms with Gasteiger partial charge in [0.1, 0.15) is 11.9 Å². The zero-order chi connectivity index (χ0) is 14.8. The Labute approximate surface area is 123 Å². The van der Waals surface area contributed by atoms with Gasteiger partial charge in [-0.3, -0.25) is 4.79 Å². The number of amides is 1. The van der Waals surface area contributed by atoms with Crippen LogP contribution in [0.5, 0.6) is 0 Å². The van der Waals surface area contributed by atoms with E-state index in [-0.39, 0.29) is 11.9 Å². The van der Waals surface area contributed by atoms with E-state index in [0.717, 1.165) is 37.2 Å². The minimum atomic E-state index is -0.291. The van der Waals surface area contributed by atoms with Crippen molar-refractivity contribution >= 4 is 11.7 Å². The van der Waals surface area contributed by atoms with Crippen molar-refractivity contribution in [1.82, 2.24) is 19.4 Å². The molecule has 2 N–H and O–H groups in total. The number of anilines is 1. The van der Waals surface area contributed by atoms with E-state index in [4.69, 9.17) is 5.73 Å². The molecule has 1 fully saturated rings. The number of nitrogens with zero attached hydrogens (tertiary/aromatic N) is 4. The van der Waals surface area contributed by atoms with Gasteiger partial charge in [-0.25, -0.2) is 9.97 Å². The number of nitrogen functional groups attached to an aromatic ring is 1. The Morgan fingerprint density at radius 2 is 2.14 bits per heavy atom. The maximum atomic E-state index is 12.5. The van der Waals surface area contributed by atoms with Crippen LogP contribution in [0.1, 0.15) is 25.8 Å². The van der Waals surface area contributed by atoms with E-state index in [1.54, 1.807) is 18.7 Å². The van der Waals surface area contributed by atoms with Crippen LogP contribution in [0.4, 0.5) is 5.82 Å². The van der Waals surface area contributed by atoms with Gasteiger partial charge >= 0.3 is 0 Å². The van der Waals surface area contributed by atoms with E-state index >= 15 is 0 Å². The highest BCUT2D eigenvalue weighted by molar-refractivity contribution is 5.82. The maximum absolute atomic E-state index is 12.5. The molecule has 1 aliphatic rings. The standard InChI is InChI=1S/C15H19N5O/c1-11(15(21)19-7-2-3-8-19)20-10-17-9-13(20)12-5-4-6-18-14(12)16/h4-6,9-11H,2-3,7-8H2,1H3,(H2,16,18). The van der Waals surface area contributed by atoms with Gasteiger partial charge in [-0.15, -0.1) is 0 Å². The molecule has 0 aliphatic carbocycles. The Morgan fingerprint density at radius 3 is 2.86 bits per heavy atom. The topological polar surface area (TPSA) is 77.0 Å². The molecule has 0 aromatic carbocycles. The first-order valence-corrected chi connectivity index (χ1v) is 7.20. The molecule has 21 heavy (non-hydrogen) atoms. The first-order valence-electron chi connectivity index (χ1n) is 7.20. The number of rotatable bonds is 3. The average Bonchev–Trinajstić information content (AvgIpc) is 3.17. The lowest BCUT2D eigenvalue weighted by Gasteiger charge is -2.22. The van der Waals surface area contributed by atoms with Crippen LogP contribution in [0.25, 0.3) is 11.3 Å². The SMILES string of the molecule is CC(C(=O)N1CCCC1)n1cncc1-c1cccnc1N. The zero-order valence-corrected chi connectivity index (χ0v) is 12.1. The number of aromatic nitrogens is 3. The van der Waals surface area contributed by atoms with Crippen molar-refractivity contribution in [3.05, 3.63) is 30.9 Å². The molecule has 1 saturated heterocycles. The van der Waals surface area contributed by atoms with Gasteiger partial charge in [0.2, 0.25) is 5.91 Å². The second-order valence-electron chi connectivity index (χ2n) is 5.33. The van der Waals surface area contributed by atoms with E-state index in [1.807, 2.05) is 28.5 Å². The molecule has 0 saturated carbocycles. The van der Waals surface area contributed by atoms with Crippen molar-refractivity contribution < 1.29 is 4.79 Å². The molecule has 1 aliphatic heterocycles. The molecule has 3 rings (SSSR count). The highest BCUT2D eigenvalue weighted by atomic mass is 16.2. The molecule has 3 heterocycles. The van der Waals surface area contributed by atoms with Crippen LogP contribution in [0.2, 0.25) is 0 Å². The summed E-state index contributed by atoms with van der Waals surface area (Å²) in [7, 11) is 0. The summed E-state index contributed by atoms with van der Waals surface area (Å²) in [6, 6.07) is 3.43. The number of likely N-dealkylation sites (tertiary alicyclic amines) is 1. The Morgan fingerprint density at radius 1 is 1.38 bits per heavy atom. The molecule has 1 amide bonds. The summed E-state index contributed by atoms with van der Waals surface area (Å²) >= 11 is 0. The summed E-state index contributed by atoms with van der Waals surface area (Å²) in [6.07, 6.45) is 7.23. The van der Waals surface area contributed by atoms with Crippen molar-refractivity contribution in [3.8, 4) is 11.3 Å². The van der Waals surface area contributed by atoms with Crippen LogP contribution in [0.15, 0.2) is 30.9 Å². The van der Waals surface area contributed by atoms with E-state index in [9.17, 15) is 4.79 Å². The lowest BCUT2D eigenvalue weighted by molar-refractivity contribution is -0.133. The Hall–Kier alpha value is -2.37. The molecule has 0 spiro atoms. The third kappa shape index (κ3) is 2.49. The number of carbonyl (C=O) groups is 1. The fourth-order valence-corrected chi connectivity index (χ4v) is 2.78. The molecule has 6 nitrogen and oxygen atoms in total. The van der Waals surface area contributed by atoms with E-state index in [1.165, 1.54) is 0 Å². The molecule has 6 heteroatoms. The van der Waals surface area contributed by atoms with Crippen LogP contribution in [0, 0.1) is 0 Å². The van der Waals surface area contributed by atoms with Crippen LogP contribution in [-0.4, -0.2) is 38.4 Å². The van der Waals surface area contributed by atoms with Gasteiger partial charge in [-0.1, -0.05) is 0 Å². The zero-order valence-electron chi connectivity index (χ0n) is 12.1. The van der Waals surface area contributed by atoms with E-state index in [2.05, 4.69) is 9.97 Å². The minimum Gasteiger partial charge on any atom is -0.383 e. The van der Waals surface area contributed by atoms with Gasteiger partial charge in [0, 0.05) is 24.8 Å². The summed E-state index contributed by atoms with van der Waals surface area (Å²) in [5, 5.41) is 0. The average molecular weight is 285 g/mol.